The first-order chi connectivity index (χ1) is 61.0. The molecule has 6 aromatic heterocycles. The Morgan fingerprint density at radius 3 is 1.43 bits per heavy atom. The molecule has 2 unspecified atom stereocenters. The third kappa shape index (κ3) is 24.0. The minimum atomic E-state index is -2.87. The van der Waals surface area contributed by atoms with Gasteiger partial charge >= 0.3 is 5.97 Å². The monoisotopic (exact) mass is 1990 g/mol. The number of aliphatic hydroxyl groups excluding tert-OH is 1. The minimum Gasteiger partial charge on any atom is -0.512 e. The van der Waals surface area contributed by atoms with Gasteiger partial charge in [0.2, 0.25) is 0 Å². The van der Waals surface area contributed by atoms with Crippen LogP contribution in [0.25, 0.3) is 77.1 Å². The number of hydrogen-bond donors (Lipinski definition) is 2. The molecule has 2 atom stereocenters. The van der Waals surface area contributed by atoms with Crippen molar-refractivity contribution in [3.05, 3.63) is 309 Å². The second-order valence-corrected chi connectivity index (χ2v) is 24.6. The smallest absolute Gasteiger partial charge is 0.354 e. The first-order valence-electron chi connectivity index (χ1n) is 45.8. The van der Waals surface area contributed by atoms with E-state index in [4.69, 9.17) is 64.6 Å². The van der Waals surface area contributed by atoms with Crippen LogP contribution in [0.4, 0.5) is 17.1 Å². The van der Waals surface area contributed by atoms with Gasteiger partial charge in [-0.25, -0.2) is 9.78 Å². The zero-order valence-corrected chi connectivity index (χ0v) is 66.6. The number of allylic oxidation sites excluding steroid dienone is 2. The summed E-state index contributed by atoms with van der Waals surface area (Å²) in [6.07, 6.45) is 5.10. The Morgan fingerprint density at radius 2 is 1.06 bits per heavy atom. The van der Waals surface area contributed by atoms with E-state index in [0.717, 1.165) is 56.8 Å². The van der Waals surface area contributed by atoms with Crippen molar-refractivity contribution >= 4 is 28.8 Å². The van der Waals surface area contributed by atoms with Crippen molar-refractivity contribution in [1.82, 2.24) is 48.2 Å². The van der Waals surface area contributed by atoms with E-state index in [2.05, 4.69) is 68.7 Å². The van der Waals surface area contributed by atoms with Gasteiger partial charge in [-0.05, 0) is 111 Å². The van der Waals surface area contributed by atoms with Crippen LogP contribution in [0.15, 0.2) is 195 Å². The number of carboxylic acids is 1. The van der Waals surface area contributed by atoms with E-state index < -0.39 is 108 Å². The molecule has 12 aromatic rings. The van der Waals surface area contributed by atoms with Gasteiger partial charge in [0.05, 0.1) is 45.4 Å². The second kappa shape index (κ2) is 40.9. The Bertz CT molecular complexity index is 6330. The maximum Gasteiger partial charge on any atom is 0.354 e. The molecular formula is C87H89Ir3N13O4-4. The molecule has 17 nitrogen and oxygen atoms in total. The number of imidazole rings is 4. The Hall–Kier alpha value is -10.4. The van der Waals surface area contributed by atoms with E-state index >= 15 is 0 Å². The minimum absolute atomic E-state index is 0. The number of benzene rings is 6. The molecule has 0 bridgehead atoms. The normalized spacial score (nSPS) is 16.5. The molecule has 0 saturated heterocycles. The second-order valence-electron chi connectivity index (χ2n) is 24.6. The third-order valence-electron chi connectivity index (χ3n) is 14.5. The summed E-state index contributed by atoms with van der Waals surface area (Å²) in [5, 5.41) is 17.9. The predicted octanol–water partition coefficient (Wildman–Crippen LogP) is 21.2. The first-order valence-corrected chi connectivity index (χ1v) is 31.3. The Morgan fingerprint density at radius 1 is 0.570 bits per heavy atom. The Kier molecular flexibility index (Phi) is 20.4. The van der Waals surface area contributed by atoms with Gasteiger partial charge in [-0.2, -0.15) is 24.3 Å². The topological polar surface area (TPSA) is 185 Å². The molecule has 6 aromatic carbocycles. The summed E-state index contributed by atoms with van der Waals surface area (Å²) < 4.78 is 237. The molecule has 0 amide bonds. The summed E-state index contributed by atoms with van der Waals surface area (Å²) in [6.45, 7) is 19.6. The van der Waals surface area contributed by atoms with E-state index in [1.807, 2.05) is 72.3 Å². The molecule has 557 valence electrons. The van der Waals surface area contributed by atoms with Gasteiger partial charge in [-0.3, -0.25) is 44.2 Å². The number of hydrogen-bond acceptors (Lipinski definition) is 9. The SMILES string of the molecule is CC(C)(C)C(=O)C=C(O)C(C)(C)C.Cc1cn(C)c(-c2[c-]cncc2)n1.O=C(O)c1ccccn1.[2H]c1nc(-c2[c-]cc(C([2H])([2H])[2H])c([N+]#[C-])c2)n(-c2c(C([2H])([2H])[2H])cccc2C([2H])([2H])[2H])c1[2H].[2H]c1nc(-c2[c-]ccc([N+]#[C-])c2)n(-c2c(C([2H])(C)C([2H])([2H])[2H])cc(C)cc2C([2H])(C)C([2H])([2H])[2H])c1[2H].[2H]c1nc(-c2[c-]ccc([N+]#[C-])c2)n(-c2c(C([2H])([2H])[2H])cccc2C([2H])([2H])[2H])c1[2H].[Ir].[Ir].[Ir]. The Balaban J connectivity index is 0.000000359. The molecular weight excluding hydrogens is 1870 g/mol. The number of para-hydroxylation sites is 2. The number of nitrogens with zero attached hydrogens (tertiary/aromatic N) is 13. The van der Waals surface area contributed by atoms with Crippen molar-refractivity contribution in [2.24, 2.45) is 17.9 Å². The van der Waals surface area contributed by atoms with Crippen molar-refractivity contribution < 1.29 is 120 Å². The van der Waals surface area contributed by atoms with Crippen molar-refractivity contribution in [3.63, 3.8) is 0 Å². The van der Waals surface area contributed by atoms with Crippen LogP contribution in [0.3, 0.4) is 0 Å². The number of aromatic carboxylic acids is 1. The van der Waals surface area contributed by atoms with Crippen molar-refractivity contribution in [1.29, 1.82) is 0 Å². The van der Waals surface area contributed by atoms with Gasteiger partial charge in [-0.1, -0.05) is 136 Å². The fraction of sp³-hybridized carbons (Fsp3) is 0.253. The molecule has 2 N–H and O–H groups in total. The largest absolute Gasteiger partial charge is 0.512 e. The number of rotatable bonds is 11. The van der Waals surface area contributed by atoms with E-state index in [-0.39, 0.29) is 190 Å². The molecule has 12 rings (SSSR count). The van der Waals surface area contributed by atoms with Gasteiger partial charge in [0.1, 0.15) is 28.5 Å². The standard InChI is InChI=1S/C23H24N3.C19H16N3.C18H14N3.C11H20O2.C10H10N3.C6H5NO2.3Ir/c1-15(2)20-12-17(5)13-21(16(3)4)22(20)26-11-10-25-23(26)18-8-7-9-19(14-18)24-6;1-13-8-9-16(12-17(13)20-4)19-21-10-11-22(19)18-14(2)6-5-7-15(18)3;1-13-6-4-7-14(2)17(13)21-11-10-20-18(21)15-8-5-9-16(12-15)19-3;1-10(2,3)8(12)7-9(13)11(4,5)6;1-8-7-13(2)10(12-8)9-3-5-11-6-4-9;8-6(9)5-3-1-2-4-7-5;;;/h7,9-16H,1-5H3;5-8,10-12H,1-3H3;4-7,9-12H,1-2H3;7,12H,1-6H3;3,5-7H,1-2H3;1-4H,(H,8,9);;;/q3*-1;;-1;;;;/i1D3,3D3,10D,11D,15D,16D;1D3,2D3,3D3,10D,11D;1D3,2D3,10D,11D;;;;;;. The zero-order valence-electron chi connectivity index (χ0n) is 88.5. The number of ketones is 1. The first kappa shape index (κ1) is 53.3. The number of pyridine rings is 2. The predicted molar refractivity (Wildman–Crippen MR) is 415 cm³/mol. The molecule has 0 fully saturated rings. The van der Waals surface area contributed by atoms with E-state index in [1.54, 1.807) is 31.5 Å². The zero-order chi connectivity index (χ0) is 101. The maximum atomic E-state index is 11.5. The van der Waals surface area contributed by atoms with Crippen LogP contribution >= 0.6 is 0 Å². The molecule has 0 saturated carbocycles. The summed E-state index contributed by atoms with van der Waals surface area (Å²) in [7, 11) is 1.98. The Labute approximate surface area is 712 Å². The molecule has 3 radical (unpaired) electrons. The summed E-state index contributed by atoms with van der Waals surface area (Å²) in [5.74, 6) is -4.84. The molecule has 0 spiro atoms. The van der Waals surface area contributed by atoms with Gasteiger partial charge in [0.25, 0.3) is 0 Å². The van der Waals surface area contributed by atoms with Gasteiger partial charge in [0, 0.05) is 194 Å². The van der Waals surface area contributed by atoms with E-state index in [0.29, 0.717) is 5.56 Å². The van der Waals surface area contributed by atoms with E-state index in [1.165, 1.54) is 103 Å². The molecule has 0 aliphatic carbocycles. The maximum absolute atomic E-state index is 11.5. The van der Waals surface area contributed by atoms with Crippen LogP contribution in [0, 0.1) is 103 Å². The van der Waals surface area contributed by atoms with Crippen LogP contribution in [0.1, 0.15) is 181 Å². The van der Waals surface area contributed by atoms with Crippen LogP contribution in [0.5, 0.6) is 0 Å². The number of carbonyl (C=O) groups excluding carboxylic acids is 1. The van der Waals surface area contributed by atoms with Crippen molar-refractivity contribution in [3.8, 4) is 62.6 Å². The average molecular weight is 1990 g/mol. The molecule has 107 heavy (non-hydrogen) atoms. The third-order valence-corrected chi connectivity index (χ3v) is 14.5. The summed E-state index contributed by atoms with van der Waals surface area (Å²) >= 11 is 0. The van der Waals surface area contributed by atoms with Crippen LogP contribution in [-0.4, -0.2) is 70.1 Å². The number of carbonyl (C=O) groups is 2. The molecule has 0 aliphatic rings. The molecule has 20 heteroatoms. The summed E-state index contributed by atoms with van der Waals surface area (Å²) in [5.41, 5.74) is -0.193. The average Bonchev–Trinajstić information content (AvgIpc) is 1.24. The number of aryl methyl sites for hydroxylation is 8. The number of aliphatic hydroxyl groups is 1. The van der Waals surface area contributed by atoms with Crippen molar-refractivity contribution in [2.45, 2.75) is 129 Å². The fourth-order valence-corrected chi connectivity index (χ4v) is 9.26. The van der Waals surface area contributed by atoms with Crippen LogP contribution in [-0.2, 0) is 72.2 Å². The quantitative estimate of drug-likeness (QED) is 0.0717. The molecule has 0 aliphatic heterocycles. The summed E-state index contributed by atoms with van der Waals surface area (Å²) in [6, 6.07) is 39.5. The fourth-order valence-electron chi connectivity index (χ4n) is 9.26. The number of aromatic nitrogens is 10. The van der Waals surface area contributed by atoms with Crippen LogP contribution in [0.2, 0.25) is 0 Å². The van der Waals surface area contributed by atoms with Crippen LogP contribution < -0.4 is 0 Å². The van der Waals surface area contributed by atoms with E-state index in [9.17, 15) is 14.7 Å². The van der Waals surface area contributed by atoms with Gasteiger partial charge in [0.15, 0.2) is 5.78 Å². The summed E-state index contributed by atoms with van der Waals surface area (Å²) in [4.78, 5) is 55.5. The van der Waals surface area contributed by atoms with Gasteiger partial charge in [-0.15, -0.1) is 82.4 Å². The van der Waals surface area contributed by atoms with Crippen molar-refractivity contribution in [2.75, 3.05) is 0 Å². The number of carboxylic acid groups (broad SMARTS) is 1. The molecule has 6 heterocycles. The van der Waals surface area contributed by atoms with Gasteiger partial charge < -0.3 is 28.5 Å².